The van der Waals surface area contributed by atoms with Crippen molar-refractivity contribution in [1.29, 1.82) is 0 Å². The van der Waals surface area contributed by atoms with E-state index in [2.05, 4.69) is 20.9 Å². The summed E-state index contributed by atoms with van der Waals surface area (Å²) in [6.07, 6.45) is 0.871. The molecule has 0 fully saturated rings. The highest BCUT2D eigenvalue weighted by Gasteiger charge is 2.28. The Morgan fingerprint density at radius 2 is 1.69 bits per heavy atom. The van der Waals surface area contributed by atoms with Crippen LogP contribution in [-0.2, 0) is 4.79 Å². The van der Waals surface area contributed by atoms with Crippen molar-refractivity contribution in [2.24, 2.45) is 0 Å². The quantitative estimate of drug-likeness (QED) is 0.313. The number of benzene rings is 3. The molecule has 0 aliphatic carbocycles. The number of halogens is 1. The molecule has 36 heavy (non-hydrogen) atoms. The number of hydrogen-bond donors (Lipinski definition) is 3. The Morgan fingerprint density at radius 1 is 0.972 bits per heavy atom. The lowest BCUT2D eigenvalue weighted by molar-refractivity contribution is -0.110. The molecule has 3 aromatic rings. The van der Waals surface area contributed by atoms with Gasteiger partial charge in [0.15, 0.2) is 0 Å². The lowest BCUT2D eigenvalue weighted by atomic mass is 10.00. The molecule has 0 atom stereocenters. The maximum atomic E-state index is 13.7. The van der Waals surface area contributed by atoms with Crippen LogP contribution in [0.25, 0.3) is 11.3 Å². The number of urea groups is 1. The lowest BCUT2D eigenvalue weighted by Gasteiger charge is -2.20. The highest BCUT2D eigenvalue weighted by atomic mass is 19.1. The number of amides is 3. The van der Waals surface area contributed by atoms with E-state index in [-0.39, 0.29) is 11.9 Å². The molecule has 1 aliphatic heterocycles. The summed E-state index contributed by atoms with van der Waals surface area (Å²) in [5, 5.41) is 9.06. The molecule has 1 aliphatic rings. The first-order valence-corrected chi connectivity index (χ1v) is 11.8. The van der Waals surface area contributed by atoms with Crippen LogP contribution in [0, 0.1) is 5.82 Å². The van der Waals surface area contributed by atoms with Crippen LogP contribution in [0.15, 0.2) is 72.8 Å². The van der Waals surface area contributed by atoms with Crippen LogP contribution in [0.2, 0.25) is 0 Å². The highest BCUT2D eigenvalue weighted by molar-refractivity contribution is 6.37. The van der Waals surface area contributed by atoms with Gasteiger partial charge < -0.3 is 20.9 Å². The Morgan fingerprint density at radius 3 is 2.39 bits per heavy atom. The number of hydrogen-bond acceptors (Lipinski definition) is 4. The number of rotatable bonds is 8. The zero-order valence-electron chi connectivity index (χ0n) is 20.6. The zero-order chi connectivity index (χ0) is 25.7. The predicted octanol–water partition coefficient (Wildman–Crippen LogP) is 4.86. The Labute approximate surface area is 210 Å². The summed E-state index contributed by atoms with van der Waals surface area (Å²) in [5.41, 5.74) is 4.42. The Hall–Kier alpha value is -4.17. The van der Waals surface area contributed by atoms with Gasteiger partial charge in [-0.25, -0.2) is 9.18 Å². The second-order valence-electron chi connectivity index (χ2n) is 8.88. The fraction of sp³-hybridized carbons (Fsp3) is 0.214. The number of nitrogens with zero attached hydrogens (tertiary/aromatic N) is 2. The van der Waals surface area contributed by atoms with E-state index in [1.165, 1.54) is 12.1 Å². The third kappa shape index (κ3) is 5.72. The van der Waals surface area contributed by atoms with Crippen LogP contribution in [0.1, 0.15) is 17.5 Å². The largest absolute Gasteiger partial charge is 0.354 e. The average molecular weight is 488 g/mol. The van der Waals surface area contributed by atoms with Gasteiger partial charge in [-0.1, -0.05) is 30.3 Å². The molecule has 0 aromatic heterocycles. The average Bonchev–Trinajstić information content (AvgIpc) is 3.19. The number of fused-ring (bicyclic) bond motifs is 1. The van der Waals surface area contributed by atoms with Gasteiger partial charge in [-0.05, 0) is 75.1 Å². The third-order valence-corrected chi connectivity index (χ3v) is 5.93. The minimum Gasteiger partial charge on any atom is -0.354 e. The summed E-state index contributed by atoms with van der Waals surface area (Å²) in [7, 11) is 5.72. The summed E-state index contributed by atoms with van der Waals surface area (Å²) in [6.45, 7) is 1.50. The van der Waals surface area contributed by atoms with Gasteiger partial charge in [0.2, 0.25) is 0 Å². The summed E-state index contributed by atoms with van der Waals surface area (Å²) in [6, 6.07) is 21.0. The van der Waals surface area contributed by atoms with Crippen LogP contribution >= 0.6 is 0 Å². The van der Waals surface area contributed by atoms with Gasteiger partial charge in [-0.3, -0.25) is 9.69 Å². The number of carbonyl (C=O) groups is 2. The summed E-state index contributed by atoms with van der Waals surface area (Å²) < 4.78 is 13.7. The van der Waals surface area contributed by atoms with Gasteiger partial charge in [0.25, 0.3) is 5.91 Å². The first-order valence-electron chi connectivity index (χ1n) is 11.8. The first-order chi connectivity index (χ1) is 17.3. The maximum Gasteiger partial charge on any atom is 0.321 e. The van der Waals surface area contributed by atoms with Gasteiger partial charge in [0, 0.05) is 30.5 Å². The van der Waals surface area contributed by atoms with E-state index in [0.29, 0.717) is 29.1 Å². The molecule has 0 radical (unpaired) electrons. The van der Waals surface area contributed by atoms with Gasteiger partial charge >= 0.3 is 6.03 Å². The fourth-order valence-electron chi connectivity index (χ4n) is 4.02. The van der Waals surface area contributed by atoms with E-state index in [9.17, 15) is 14.0 Å². The molecular formula is C28H30FN5O2. The van der Waals surface area contributed by atoms with Crippen molar-refractivity contribution < 1.29 is 14.0 Å². The minimum absolute atomic E-state index is 0.173. The Bertz CT molecular complexity index is 1270. The predicted molar refractivity (Wildman–Crippen MR) is 143 cm³/mol. The van der Waals surface area contributed by atoms with Crippen molar-refractivity contribution in [2.45, 2.75) is 6.42 Å². The Kier molecular flexibility index (Phi) is 7.65. The topological polar surface area (TPSA) is 76.7 Å². The van der Waals surface area contributed by atoms with Crippen molar-refractivity contribution in [3.63, 3.8) is 0 Å². The standard InChI is InChI=1S/C28H30FN5O2/c1-33(2)17-7-16-30-28(36)34(3)22-13-11-21(12-14-22)31-26(19-8-5-4-6-9-19)25-23-15-10-20(29)18-24(23)32-27(25)35/h4-6,8-15,18,31H,7,16-17H2,1-3H3,(H,30,36)(H,32,35)/b26-25-. The van der Waals surface area contributed by atoms with Gasteiger partial charge in [-0.2, -0.15) is 0 Å². The van der Waals surface area contributed by atoms with Crippen LogP contribution in [-0.4, -0.2) is 51.1 Å². The second kappa shape index (κ2) is 11.0. The molecule has 3 aromatic carbocycles. The van der Waals surface area contributed by atoms with Crippen LogP contribution in [0.4, 0.5) is 26.2 Å². The van der Waals surface area contributed by atoms with E-state index < -0.39 is 5.82 Å². The number of anilines is 3. The summed E-state index contributed by atoms with van der Waals surface area (Å²) in [5.74, 6) is -0.713. The van der Waals surface area contributed by atoms with Gasteiger partial charge in [-0.15, -0.1) is 0 Å². The molecule has 3 amide bonds. The molecule has 3 N–H and O–H groups in total. The molecule has 0 saturated heterocycles. The smallest absolute Gasteiger partial charge is 0.321 e. The first kappa shape index (κ1) is 24.9. The van der Waals surface area contributed by atoms with Crippen LogP contribution < -0.4 is 20.9 Å². The van der Waals surface area contributed by atoms with E-state index in [4.69, 9.17) is 0 Å². The zero-order valence-corrected chi connectivity index (χ0v) is 20.6. The molecule has 1 heterocycles. The second-order valence-corrected chi connectivity index (χ2v) is 8.88. The molecular weight excluding hydrogens is 457 g/mol. The number of nitrogens with one attached hydrogen (secondary N) is 3. The van der Waals surface area contributed by atoms with Crippen LogP contribution in [0.5, 0.6) is 0 Å². The summed E-state index contributed by atoms with van der Waals surface area (Å²) >= 11 is 0. The van der Waals surface area contributed by atoms with E-state index >= 15 is 0 Å². The van der Waals surface area contributed by atoms with Crippen LogP contribution in [0.3, 0.4) is 0 Å². The summed E-state index contributed by atoms with van der Waals surface area (Å²) in [4.78, 5) is 29.1. The third-order valence-electron chi connectivity index (χ3n) is 5.93. The molecule has 0 spiro atoms. The molecule has 8 heteroatoms. The van der Waals surface area contributed by atoms with Crippen molar-refractivity contribution in [2.75, 3.05) is 49.8 Å². The molecule has 7 nitrogen and oxygen atoms in total. The van der Waals surface area contributed by atoms with Crippen molar-refractivity contribution >= 4 is 40.3 Å². The normalized spacial score (nSPS) is 13.8. The highest BCUT2D eigenvalue weighted by Crippen LogP contribution is 2.38. The fourth-order valence-corrected chi connectivity index (χ4v) is 4.02. The molecule has 186 valence electrons. The monoisotopic (exact) mass is 487 g/mol. The maximum absolute atomic E-state index is 13.7. The molecule has 0 saturated carbocycles. The van der Waals surface area contributed by atoms with Gasteiger partial charge in [0.1, 0.15) is 5.82 Å². The van der Waals surface area contributed by atoms with Gasteiger partial charge in [0.05, 0.1) is 17.0 Å². The minimum atomic E-state index is -0.411. The van der Waals surface area contributed by atoms with Crippen molar-refractivity contribution in [1.82, 2.24) is 10.2 Å². The molecule has 0 bridgehead atoms. The van der Waals surface area contributed by atoms with E-state index in [1.54, 1.807) is 18.0 Å². The SMILES string of the molecule is CN(C)CCCNC(=O)N(C)c1ccc(N/C(=C2\C(=O)Nc3cc(F)ccc32)c2ccccc2)cc1. The van der Waals surface area contributed by atoms with E-state index in [0.717, 1.165) is 29.9 Å². The van der Waals surface area contributed by atoms with E-state index in [1.807, 2.05) is 68.7 Å². The Balaban J connectivity index is 1.56. The van der Waals surface area contributed by atoms with Crippen molar-refractivity contribution in [3.05, 3.63) is 89.7 Å². The molecule has 0 unspecified atom stereocenters. The lowest BCUT2D eigenvalue weighted by Crippen LogP contribution is -2.38. The number of carbonyl (C=O) groups excluding carboxylic acids is 2. The molecule has 4 rings (SSSR count). The van der Waals surface area contributed by atoms with Crippen molar-refractivity contribution in [3.8, 4) is 0 Å².